The average Bonchev–Trinajstić information content (AvgIpc) is 3.33. The number of ether oxygens (including phenoxy) is 2. The fraction of sp³-hybridized carbons (Fsp3) is 0.364. The summed E-state index contributed by atoms with van der Waals surface area (Å²) in [6.45, 7) is 3.53. The maximum Gasteiger partial charge on any atom is 0.321 e. The molecule has 1 saturated heterocycles. The van der Waals surface area contributed by atoms with Gasteiger partial charge in [0.1, 0.15) is 5.82 Å². The zero-order valence-electron chi connectivity index (χ0n) is 18.2. The number of methoxy groups -OCH3 is 2. The van der Waals surface area contributed by atoms with Gasteiger partial charge in [0.25, 0.3) is 0 Å². The van der Waals surface area contributed by atoms with Crippen LogP contribution in [0, 0.1) is 11.7 Å². The molecule has 1 aliphatic heterocycles. The van der Waals surface area contributed by atoms with Crippen LogP contribution in [0.4, 0.5) is 14.9 Å². The second-order valence-corrected chi connectivity index (χ2v) is 7.79. The number of hydrogen-bond acceptors (Lipinski definition) is 6. The summed E-state index contributed by atoms with van der Waals surface area (Å²) >= 11 is 0. The zero-order valence-corrected chi connectivity index (χ0v) is 18.2. The zero-order chi connectivity index (χ0) is 22.7. The van der Waals surface area contributed by atoms with Crippen molar-refractivity contribution in [3.05, 3.63) is 36.1 Å². The number of aromatic nitrogens is 4. The molecule has 2 N–H and O–H groups in total. The van der Waals surface area contributed by atoms with E-state index in [0.717, 1.165) is 12.8 Å². The number of benzene rings is 2. The molecule has 1 aliphatic rings. The van der Waals surface area contributed by atoms with Gasteiger partial charge in [-0.1, -0.05) is 13.0 Å². The van der Waals surface area contributed by atoms with Crippen LogP contribution in [-0.4, -0.2) is 58.9 Å². The van der Waals surface area contributed by atoms with Gasteiger partial charge in [-0.3, -0.25) is 0 Å². The Kier molecular flexibility index (Phi) is 6.20. The Morgan fingerprint density at radius 3 is 2.56 bits per heavy atom. The largest absolute Gasteiger partial charge is 0.493 e. The van der Waals surface area contributed by atoms with Gasteiger partial charge >= 0.3 is 6.03 Å². The molecule has 2 heterocycles. The van der Waals surface area contributed by atoms with Crippen molar-refractivity contribution in [2.75, 3.05) is 32.6 Å². The van der Waals surface area contributed by atoms with Crippen molar-refractivity contribution >= 4 is 11.7 Å². The highest BCUT2D eigenvalue weighted by Gasteiger charge is 2.23. The number of carbonyl (C=O) groups is 1. The molecule has 1 aromatic heterocycles. The maximum atomic E-state index is 15.4. The van der Waals surface area contributed by atoms with Crippen LogP contribution in [0.5, 0.6) is 11.5 Å². The number of likely N-dealkylation sites (tertiary alicyclic amines) is 1. The lowest BCUT2D eigenvalue weighted by atomic mass is 9.97. The molecule has 3 aromatic rings. The van der Waals surface area contributed by atoms with Crippen LogP contribution in [0.25, 0.3) is 22.5 Å². The van der Waals surface area contributed by atoms with Gasteiger partial charge < -0.3 is 19.7 Å². The molecule has 168 valence electrons. The number of rotatable bonds is 5. The Bertz CT molecular complexity index is 1100. The van der Waals surface area contributed by atoms with E-state index in [4.69, 9.17) is 9.47 Å². The topological polar surface area (TPSA) is 105 Å². The first-order valence-electron chi connectivity index (χ1n) is 10.4. The summed E-state index contributed by atoms with van der Waals surface area (Å²) in [6, 6.07) is 7.77. The second kappa shape index (κ2) is 9.21. The first-order chi connectivity index (χ1) is 15.5. The van der Waals surface area contributed by atoms with E-state index in [0.29, 0.717) is 47.3 Å². The second-order valence-electron chi connectivity index (χ2n) is 7.79. The molecule has 2 aromatic carbocycles. The smallest absolute Gasteiger partial charge is 0.321 e. The third-order valence-electron chi connectivity index (χ3n) is 5.67. The minimum Gasteiger partial charge on any atom is -0.493 e. The van der Waals surface area contributed by atoms with Crippen LogP contribution >= 0.6 is 0 Å². The molecular formula is C22H25FN6O3. The van der Waals surface area contributed by atoms with Crippen LogP contribution in [0.15, 0.2) is 30.3 Å². The first kappa shape index (κ1) is 21.5. The van der Waals surface area contributed by atoms with Gasteiger partial charge in [-0.25, -0.2) is 9.18 Å². The van der Waals surface area contributed by atoms with E-state index >= 15 is 4.39 Å². The predicted molar refractivity (Wildman–Crippen MR) is 117 cm³/mol. The molecule has 0 unspecified atom stereocenters. The Balaban J connectivity index is 1.71. The summed E-state index contributed by atoms with van der Waals surface area (Å²) in [7, 11) is 3.04. The van der Waals surface area contributed by atoms with E-state index in [1.807, 2.05) is 0 Å². The van der Waals surface area contributed by atoms with Crippen molar-refractivity contribution < 1.29 is 18.7 Å². The quantitative estimate of drug-likeness (QED) is 0.622. The average molecular weight is 440 g/mol. The van der Waals surface area contributed by atoms with Gasteiger partial charge in [-0.2, -0.15) is 5.21 Å². The third-order valence-corrected chi connectivity index (χ3v) is 5.67. The number of nitrogens with zero attached hydrogens (tertiary/aromatic N) is 4. The number of halogens is 1. The molecule has 0 radical (unpaired) electrons. The molecule has 1 fully saturated rings. The van der Waals surface area contributed by atoms with Crippen LogP contribution in [-0.2, 0) is 0 Å². The highest BCUT2D eigenvalue weighted by molar-refractivity contribution is 5.92. The first-order valence-corrected chi connectivity index (χ1v) is 10.4. The number of aromatic amines is 1. The molecule has 10 heteroatoms. The van der Waals surface area contributed by atoms with Crippen molar-refractivity contribution in [1.82, 2.24) is 25.5 Å². The fourth-order valence-electron chi connectivity index (χ4n) is 3.83. The number of piperidine rings is 1. The van der Waals surface area contributed by atoms with E-state index in [1.54, 1.807) is 29.2 Å². The van der Waals surface area contributed by atoms with Crippen LogP contribution in [0.2, 0.25) is 0 Å². The van der Waals surface area contributed by atoms with Gasteiger partial charge in [0.2, 0.25) is 5.82 Å². The molecule has 0 aliphatic carbocycles. The van der Waals surface area contributed by atoms with E-state index in [-0.39, 0.29) is 17.4 Å². The molecule has 0 spiro atoms. The summed E-state index contributed by atoms with van der Waals surface area (Å²) in [4.78, 5) is 14.4. The van der Waals surface area contributed by atoms with E-state index in [9.17, 15) is 4.79 Å². The molecule has 32 heavy (non-hydrogen) atoms. The van der Waals surface area contributed by atoms with Crippen LogP contribution in [0.3, 0.4) is 0 Å². The molecule has 9 nitrogen and oxygen atoms in total. The van der Waals surface area contributed by atoms with Gasteiger partial charge in [0, 0.05) is 29.9 Å². The summed E-state index contributed by atoms with van der Waals surface area (Å²) in [6.07, 6.45) is 1.91. The summed E-state index contributed by atoms with van der Waals surface area (Å²) in [5.74, 6) is 1.25. The van der Waals surface area contributed by atoms with Gasteiger partial charge in [-0.05, 0) is 53.8 Å². The number of H-pyrrole nitrogens is 1. The van der Waals surface area contributed by atoms with Crippen LogP contribution < -0.4 is 14.8 Å². The minimum absolute atomic E-state index is 0.205. The maximum absolute atomic E-state index is 15.4. The van der Waals surface area contributed by atoms with E-state index in [2.05, 4.69) is 32.9 Å². The molecule has 4 rings (SSSR count). The lowest BCUT2D eigenvalue weighted by Gasteiger charge is -2.30. The Labute approximate surface area is 184 Å². The molecule has 0 atom stereocenters. The lowest BCUT2D eigenvalue weighted by molar-refractivity contribution is 0.186. The highest BCUT2D eigenvalue weighted by Crippen LogP contribution is 2.39. The molecule has 0 saturated carbocycles. The normalized spacial score (nSPS) is 14.3. The Morgan fingerprint density at radius 2 is 1.91 bits per heavy atom. The number of anilines is 1. The summed E-state index contributed by atoms with van der Waals surface area (Å²) in [5, 5.41) is 16.8. The fourth-order valence-corrected chi connectivity index (χ4v) is 3.83. The number of nitrogens with one attached hydrogen (secondary N) is 2. The molecule has 2 amide bonds. The number of tetrazole rings is 1. The van der Waals surface area contributed by atoms with Crippen molar-refractivity contribution in [2.45, 2.75) is 19.8 Å². The van der Waals surface area contributed by atoms with Gasteiger partial charge in [0.05, 0.1) is 14.2 Å². The highest BCUT2D eigenvalue weighted by atomic mass is 19.1. The van der Waals surface area contributed by atoms with Crippen molar-refractivity contribution in [1.29, 1.82) is 0 Å². The monoisotopic (exact) mass is 440 g/mol. The van der Waals surface area contributed by atoms with E-state index < -0.39 is 5.82 Å². The minimum atomic E-state index is -0.540. The Morgan fingerprint density at radius 1 is 1.16 bits per heavy atom. The standard InChI is InChI=1S/C22H25FN6O3/c1-13-6-8-29(9-7-13)22(30)24-15-11-16(21-25-27-28-26-21)20(17(23)12-15)14-4-5-18(31-2)19(10-14)32-3/h4-5,10-13H,6-9H2,1-3H3,(H,24,30)(H,25,26,27,28). The van der Waals surface area contributed by atoms with Crippen molar-refractivity contribution in [2.24, 2.45) is 5.92 Å². The van der Waals surface area contributed by atoms with Crippen LogP contribution in [0.1, 0.15) is 19.8 Å². The number of amides is 2. The van der Waals surface area contributed by atoms with Gasteiger partial charge in [0.15, 0.2) is 11.5 Å². The van der Waals surface area contributed by atoms with Crippen molar-refractivity contribution in [3.8, 4) is 34.0 Å². The third kappa shape index (κ3) is 4.34. The lowest BCUT2D eigenvalue weighted by Crippen LogP contribution is -2.40. The number of carbonyl (C=O) groups excluding carboxylic acids is 1. The Hall–Kier alpha value is -3.69. The summed E-state index contributed by atoms with van der Waals surface area (Å²) in [5.41, 5.74) is 1.50. The van der Waals surface area contributed by atoms with E-state index in [1.165, 1.54) is 20.3 Å². The SMILES string of the molecule is COc1ccc(-c2c(F)cc(NC(=O)N3CCC(C)CC3)cc2-c2nn[nH]n2)cc1OC. The number of hydrogen-bond donors (Lipinski definition) is 2. The summed E-state index contributed by atoms with van der Waals surface area (Å²) < 4.78 is 26.1. The molecule has 0 bridgehead atoms. The molecular weight excluding hydrogens is 415 g/mol. The number of urea groups is 1. The predicted octanol–water partition coefficient (Wildman–Crippen LogP) is 3.95. The van der Waals surface area contributed by atoms with Gasteiger partial charge in [-0.15, -0.1) is 10.2 Å². The van der Waals surface area contributed by atoms with Crippen molar-refractivity contribution in [3.63, 3.8) is 0 Å².